The standard InChI is InChI=1S/C19H38N2/c1-3-13-20-16-19(11-7-5-6-8-12-19)17-21(14-4-2)15-18-9-10-18/h18,20H,3-17H2,1-2H3. The summed E-state index contributed by atoms with van der Waals surface area (Å²) in [5.74, 6) is 1.03. The smallest absolute Gasteiger partial charge is 0.00503 e. The van der Waals surface area contributed by atoms with Crippen LogP contribution < -0.4 is 5.32 Å². The van der Waals surface area contributed by atoms with Crippen molar-refractivity contribution in [1.29, 1.82) is 0 Å². The van der Waals surface area contributed by atoms with Gasteiger partial charge in [0.15, 0.2) is 0 Å². The van der Waals surface area contributed by atoms with Crippen LogP contribution in [-0.2, 0) is 0 Å². The number of rotatable bonds is 10. The number of nitrogens with zero attached hydrogens (tertiary/aromatic N) is 1. The second kappa shape index (κ2) is 9.15. The molecule has 2 saturated carbocycles. The van der Waals surface area contributed by atoms with Crippen molar-refractivity contribution in [2.24, 2.45) is 11.3 Å². The van der Waals surface area contributed by atoms with Crippen molar-refractivity contribution in [2.45, 2.75) is 78.1 Å². The average Bonchev–Trinajstić information content (AvgIpc) is 3.28. The Hall–Kier alpha value is -0.0800. The molecule has 2 rings (SSSR count). The first-order valence-corrected chi connectivity index (χ1v) is 9.71. The number of hydrogen-bond donors (Lipinski definition) is 1. The highest BCUT2D eigenvalue weighted by Gasteiger charge is 2.34. The molecule has 0 aromatic heterocycles. The maximum Gasteiger partial charge on any atom is 0.00503 e. The Morgan fingerprint density at radius 1 is 1.00 bits per heavy atom. The van der Waals surface area contributed by atoms with Crippen LogP contribution in [0.1, 0.15) is 78.1 Å². The molecule has 2 aliphatic carbocycles. The lowest BCUT2D eigenvalue weighted by molar-refractivity contribution is 0.122. The molecule has 0 saturated heterocycles. The fraction of sp³-hybridized carbons (Fsp3) is 1.00. The van der Waals surface area contributed by atoms with Crippen molar-refractivity contribution in [3.8, 4) is 0 Å². The van der Waals surface area contributed by atoms with Gasteiger partial charge in [0.25, 0.3) is 0 Å². The lowest BCUT2D eigenvalue weighted by atomic mass is 9.79. The van der Waals surface area contributed by atoms with Gasteiger partial charge in [0.1, 0.15) is 0 Å². The number of hydrogen-bond acceptors (Lipinski definition) is 2. The summed E-state index contributed by atoms with van der Waals surface area (Å²) in [5, 5.41) is 3.76. The Labute approximate surface area is 133 Å². The van der Waals surface area contributed by atoms with E-state index in [4.69, 9.17) is 0 Å². The summed E-state index contributed by atoms with van der Waals surface area (Å²) in [5.41, 5.74) is 0.565. The maximum atomic E-state index is 3.76. The Balaban J connectivity index is 1.93. The molecule has 2 fully saturated rings. The van der Waals surface area contributed by atoms with Crippen molar-refractivity contribution in [3.63, 3.8) is 0 Å². The van der Waals surface area contributed by atoms with Crippen LogP contribution in [-0.4, -0.2) is 37.6 Å². The molecule has 0 radical (unpaired) electrons. The summed E-state index contributed by atoms with van der Waals surface area (Å²) < 4.78 is 0. The molecule has 1 N–H and O–H groups in total. The van der Waals surface area contributed by atoms with Gasteiger partial charge in [-0.05, 0) is 62.9 Å². The van der Waals surface area contributed by atoms with E-state index in [1.54, 1.807) is 0 Å². The molecule has 0 aromatic carbocycles. The largest absolute Gasteiger partial charge is 0.316 e. The van der Waals surface area contributed by atoms with E-state index >= 15 is 0 Å². The molecule has 0 aliphatic heterocycles. The highest BCUT2D eigenvalue weighted by molar-refractivity contribution is 4.88. The fourth-order valence-electron chi connectivity index (χ4n) is 4.09. The van der Waals surface area contributed by atoms with E-state index < -0.39 is 0 Å². The zero-order chi connectivity index (χ0) is 15.0. The van der Waals surface area contributed by atoms with Gasteiger partial charge < -0.3 is 10.2 Å². The first-order valence-electron chi connectivity index (χ1n) is 9.71. The first-order chi connectivity index (χ1) is 10.3. The summed E-state index contributed by atoms with van der Waals surface area (Å²) in [6.07, 6.45) is 14.3. The van der Waals surface area contributed by atoms with Gasteiger partial charge in [-0.25, -0.2) is 0 Å². The highest BCUT2D eigenvalue weighted by Crippen LogP contribution is 2.37. The minimum atomic E-state index is 0.565. The molecule has 21 heavy (non-hydrogen) atoms. The van der Waals surface area contributed by atoms with Crippen LogP contribution >= 0.6 is 0 Å². The predicted molar refractivity (Wildman–Crippen MR) is 92.8 cm³/mol. The lowest BCUT2D eigenvalue weighted by Crippen LogP contribution is -2.45. The van der Waals surface area contributed by atoms with Crippen LogP contribution in [0, 0.1) is 11.3 Å². The Morgan fingerprint density at radius 2 is 1.71 bits per heavy atom. The van der Waals surface area contributed by atoms with Crippen LogP contribution in [0.5, 0.6) is 0 Å². The van der Waals surface area contributed by atoms with Crippen LogP contribution in [0.3, 0.4) is 0 Å². The Kier molecular flexibility index (Phi) is 7.53. The molecule has 0 bridgehead atoms. The molecule has 124 valence electrons. The monoisotopic (exact) mass is 294 g/mol. The minimum Gasteiger partial charge on any atom is -0.316 e. The molecule has 0 atom stereocenters. The van der Waals surface area contributed by atoms with Gasteiger partial charge >= 0.3 is 0 Å². The van der Waals surface area contributed by atoms with Gasteiger partial charge in [-0.1, -0.05) is 39.5 Å². The molecule has 0 amide bonds. The third-order valence-electron chi connectivity index (χ3n) is 5.40. The van der Waals surface area contributed by atoms with Crippen LogP contribution in [0.2, 0.25) is 0 Å². The van der Waals surface area contributed by atoms with E-state index in [9.17, 15) is 0 Å². The van der Waals surface area contributed by atoms with Crippen molar-refractivity contribution in [2.75, 3.05) is 32.7 Å². The van der Waals surface area contributed by atoms with Crippen LogP contribution in [0.25, 0.3) is 0 Å². The molecule has 0 heterocycles. The first kappa shape index (κ1) is 17.3. The molecule has 2 aliphatic rings. The van der Waals surface area contributed by atoms with E-state index in [-0.39, 0.29) is 0 Å². The van der Waals surface area contributed by atoms with Crippen molar-refractivity contribution in [3.05, 3.63) is 0 Å². The Morgan fingerprint density at radius 3 is 2.29 bits per heavy atom. The normalized spacial score (nSPS) is 22.4. The van der Waals surface area contributed by atoms with Crippen molar-refractivity contribution < 1.29 is 0 Å². The highest BCUT2D eigenvalue weighted by atomic mass is 15.1. The van der Waals surface area contributed by atoms with E-state index in [1.807, 2.05) is 0 Å². The summed E-state index contributed by atoms with van der Waals surface area (Å²) >= 11 is 0. The number of nitrogens with one attached hydrogen (secondary N) is 1. The third-order valence-corrected chi connectivity index (χ3v) is 5.40. The SMILES string of the molecule is CCCNCC1(CN(CCC)CC2CC2)CCCCCC1. The van der Waals surface area contributed by atoms with Gasteiger partial charge in [-0.15, -0.1) is 0 Å². The lowest BCUT2D eigenvalue weighted by Gasteiger charge is -2.38. The summed E-state index contributed by atoms with van der Waals surface area (Å²) in [6, 6.07) is 0. The minimum absolute atomic E-state index is 0.565. The zero-order valence-corrected chi connectivity index (χ0v) is 14.6. The second-order valence-electron chi connectivity index (χ2n) is 7.77. The van der Waals surface area contributed by atoms with Crippen molar-refractivity contribution >= 4 is 0 Å². The van der Waals surface area contributed by atoms with Gasteiger partial charge in [-0.2, -0.15) is 0 Å². The quantitative estimate of drug-likeness (QED) is 0.473. The average molecular weight is 295 g/mol. The zero-order valence-electron chi connectivity index (χ0n) is 14.6. The van der Waals surface area contributed by atoms with Gasteiger partial charge in [0, 0.05) is 19.6 Å². The Bertz CT molecular complexity index is 265. The van der Waals surface area contributed by atoms with Crippen molar-refractivity contribution in [1.82, 2.24) is 10.2 Å². The van der Waals surface area contributed by atoms with E-state index in [2.05, 4.69) is 24.1 Å². The molecule has 2 heteroatoms. The topological polar surface area (TPSA) is 15.3 Å². The molecule has 0 spiro atoms. The van der Waals surface area contributed by atoms with E-state index in [0.717, 1.165) is 5.92 Å². The summed E-state index contributed by atoms with van der Waals surface area (Å²) in [4.78, 5) is 2.82. The molecule has 0 unspecified atom stereocenters. The molecular formula is C19H38N2. The fourth-order valence-corrected chi connectivity index (χ4v) is 4.09. The van der Waals surface area contributed by atoms with E-state index in [1.165, 1.54) is 96.9 Å². The summed E-state index contributed by atoms with van der Waals surface area (Å²) in [6.45, 7) is 11.1. The van der Waals surface area contributed by atoms with Gasteiger partial charge in [-0.3, -0.25) is 0 Å². The summed E-state index contributed by atoms with van der Waals surface area (Å²) in [7, 11) is 0. The predicted octanol–water partition coefficient (Wildman–Crippen LogP) is 4.45. The van der Waals surface area contributed by atoms with Gasteiger partial charge in [0.05, 0.1) is 0 Å². The van der Waals surface area contributed by atoms with E-state index in [0.29, 0.717) is 5.41 Å². The van der Waals surface area contributed by atoms with Crippen LogP contribution in [0.4, 0.5) is 0 Å². The molecule has 0 aromatic rings. The second-order valence-corrected chi connectivity index (χ2v) is 7.77. The van der Waals surface area contributed by atoms with Crippen LogP contribution in [0.15, 0.2) is 0 Å². The maximum absolute atomic E-state index is 3.76. The van der Waals surface area contributed by atoms with Gasteiger partial charge in [0.2, 0.25) is 0 Å². The third kappa shape index (κ3) is 6.28. The molecular weight excluding hydrogens is 256 g/mol. The molecule has 2 nitrogen and oxygen atoms in total.